The second-order valence-electron chi connectivity index (χ2n) is 4.53. The molecule has 2 N–H and O–H groups in total. The van der Waals surface area contributed by atoms with Gasteiger partial charge in [-0.2, -0.15) is 0 Å². The molecule has 1 saturated heterocycles. The Morgan fingerprint density at radius 1 is 1.21 bits per heavy atom. The number of pyridine rings is 1. The number of amides is 1. The summed E-state index contributed by atoms with van der Waals surface area (Å²) >= 11 is 0. The van der Waals surface area contributed by atoms with Gasteiger partial charge in [-0.05, 0) is 18.9 Å². The number of H-pyrrole nitrogens is 2. The molecule has 0 unspecified atom stereocenters. The lowest BCUT2D eigenvalue weighted by atomic mass is 10.2. The maximum absolute atomic E-state index is 12.2. The van der Waals surface area contributed by atoms with E-state index in [0.29, 0.717) is 5.56 Å². The first-order chi connectivity index (χ1) is 9.15. The second kappa shape index (κ2) is 4.34. The number of nitrogens with zero attached hydrogens (tertiary/aromatic N) is 2. The summed E-state index contributed by atoms with van der Waals surface area (Å²) < 4.78 is 0. The Bertz CT molecular complexity index is 755. The molecule has 1 fully saturated rings. The highest BCUT2D eigenvalue weighted by Crippen LogP contribution is 2.13. The van der Waals surface area contributed by atoms with Crippen LogP contribution in [0.2, 0.25) is 0 Å². The molecule has 1 amide bonds. The summed E-state index contributed by atoms with van der Waals surface area (Å²) in [6, 6.07) is 1.47. The minimum atomic E-state index is -0.608. The van der Waals surface area contributed by atoms with Crippen LogP contribution in [0.5, 0.6) is 0 Å². The zero-order chi connectivity index (χ0) is 13.4. The minimum absolute atomic E-state index is 0.127. The molecule has 0 atom stereocenters. The lowest BCUT2D eigenvalue weighted by Gasteiger charge is -2.14. The highest BCUT2D eigenvalue weighted by atomic mass is 16.2. The largest absolute Gasteiger partial charge is 0.339 e. The van der Waals surface area contributed by atoms with Crippen LogP contribution in [-0.4, -0.2) is 38.8 Å². The van der Waals surface area contributed by atoms with Gasteiger partial charge in [0.25, 0.3) is 11.5 Å². The van der Waals surface area contributed by atoms with Crippen molar-refractivity contribution in [3.63, 3.8) is 0 Å². The third-order valence-electron chi connectivity index (χ3n) is 3.23. The van der Waals surface area contributed by atoms with E-state index in [0.717, 1.165) is 25.9 Å². The van der Waals surface area contributed by atoms with Crippen molar-refractivity contribution >= 4 is 16.9 Å². The average Bonchev–Trinajstić information content (AvgIpc) is 2.91. The molecule has 3 heterocycles. The zero-order valence-electron chi connectivity index (χ0n) is 10.1. The molecule has 3 rings (SSSR count). The van der Waals surface area contributed by atoms with E-state index in [4.69, 9.17) is 0 Å². The van der Waals surface area contributed by atoms with Gasteiger partial charge in [0.05, 0.1) is 10.9 Å². The SMILES string of the molecule is O=C(c1cnc2[nH]c(=O)[nH]c(=O)c2c1)N1CCCC1. The van der Waals surface area contributed by atoms with Crippen LogP contribution in [0.15, 0.2) is 21.9 Å². The van der Waals surface area contributed by atoms with E-state index in [-0.39, 0.29) is 16.9 Å². The molecule has 7 nitrogen and oxygen atoms in total. The number of nitrogens with one attached hydrogen (secondary N) is 2. The van der Waals surface area contributed by atoms with Crippen LogP contribution in [0.25, 0.3) is 11.0 Å². The molecule has 1 aliphatic rings. The van der Waals surface area contributed by atoms with Crippen molar-refractivity contribution in [2.75, 3.05) is 13.1 Å². The van der Waals surface area contributed by atoms with Crippen molar-refractivity contribution in [2.45, 2.75) is 12.8 Å². The molecule has 0 bridgehead atoms. The van der Waals surface area contributed by atoms with Crippen molar-refractivity contribution < 1.29 is 4.79 Å². The van der Waals surface area contributed by atoms with Gasteiger partial charge in [-0.1, -0.05) is 0 Å². The van der Waals surface area contributed by atoms with Gasteiger partial charge >= 0.3 is 5.69 Å². The van der Waals surface area contributed by atoms with Crippen molar-refractivity contribution in [1.82, 2.24) is 19.9 Å². The molecule has 2 aromatic rings. The van der Waals surface area contributed by atoms with Gasteiger partial charge in [0, 0.05) is 19.3 Å². The number of hydrogen-bond donors (Lipinski definition) is 2. The van der Waals surface area contributed by atoms with Crippen molar-refractivity contribution in [3.05, 3.63) is 38.7 Å². The summed E-state index contributed by atoms with van der Waals surface area (Å²) in [6.45, 7) is 1.47. The fourth-order valence-corrected chi connectivity index (χ4v) is 2.27. The Balaban J connectivity index is 2.08. The first kappa shape index (κ1) is 11.6. The number of likely N-dealkylation sites (tertiary alicyclic amines) is 1. The van der Waals surface area contributed by atoms with Crippen LogP contribution in [0.3, 0.4) is 0 Å². The summed E-state index contributed by atoms with van der Waals surface area (Å²) in [6.07, 6.45) is 3.39. The molecule has 2 aromatic heterocycles. The highest BCUT2D eigenvalue weighted by Gasteiger charge is 2.20. The fourth-order valence-electron chi connectivity index (χ4n) is 2.27. The van der Waals surface area contributed by atoms with Gasteiger partial charge in [-0.15, -0.1) is 0 Å². The quantitative estimate of drug-likeness (QED) is 0.744. The minimum Gasteiger partial charge on any atom is -0.339 e. The summed E-state index contributed by atoms with van der Waals surface area (Å²) in [5.74, 6) is -0.127. The van der Waals surface area contributed by atoms with E-state index in [9.17, 15) is 14.4 Å². The van der Waals surface area contributed by atoms with Crippen LogP contribution in [0.4, 0.5) is 0 Å². The number of fused-ring (bicyclic) bond motifs is 1. The van der Waals surface area contributed by atoms with Crippen LogP contribution < -0.4 is 11.2 Å². The van der Waals surface area contributed by atoms with E-state index in [1.807, 2.05) is 0 Å². The Morgan fingerprint density at radius 2 is 1.95 bits per heavy atom. The molecule has 98 valence electrons. The predicted molar refractivity (Wildman–Crippen MR) is 68.1 cm³/mol. The van der Waals surface area contributed by atoms with E-state index >= 15 is 0 Å². The third-order valence-corrected chi connectivity index (χ3v) is 3.23. The summed E-state index contributed by atoms with van der Waals surface area (Å²) in [5, 5.41) is 0.213. The summed E-state index contributed by atoms with van der Waals surface area (Å²) in [5.41, 5.74) is -0.593. The van der Waals surface area contributed by atoms with Gasteiger partial charge in [-0.3, -0.25) is 19.6 Å². The van der Waals surface area contributed by atoms with Crippen molar-refractivity contribution in [1.29, 1.82) is 0 Å². The Hall–Kier alpha value is -2.44. The summed E-state index contributed by atoms with van der Waals surface area (Å²) in [7, 11) is 0. The van der Waals surface area contributed by atoms with Crippen molar-refractivity contribution in [3.8, 4) is 0 Å². The number of aromatic nitrogens is 3. The normalized spacial score (nSPS) is 15.1. The van der Waals surface area contributed by atoms with Gasteiger partial charge in [0.2, 0.25) is 0 Å². The standard InChI is InChI=1S/C12H12N4O3/c17-10-8-5-7(11(18)16-3-1-2-4-16)6-13-9(8)14-12(19)15-10/h5-6H,1-4H2,(H2,13,14,15,17,19). The Labute approximate surface area is 107 Å². The smallest absolute Gasteiger partial charge is 0.327 e. The molecule has 19 heavy (non-hydrogen) atoms. The molecule has 0 radical (unpaired) electrons. The maximum atomic E-state index is 12.2. The van der Waals surface area contributed by atoms with Crippen LogP contribution in [-0.2, 0) is 0 Å². The second-order valence-corrected chi connectivity index (χ2v) is 4.53. The number of carbonyl (C=O) groups excluding carboxylic acids is 1. The lowest BCUT2D eigenvalue weighted by molar-refractivity contribution is 0.0792. The number of carbonyl (C=O) groups is 1. The van der Waals surface area contributed by atoms with Gasteiger partial charge < -0.3 is 4.90 Å². The van der Waals surface area contributed by atoms with Gasteiger partial charge in [0.1, 0.15) is 5.65 Å². The molecule has 0 saturated carbocycles. The molecule has 0 aliphatic carbocycles. The van der Waals surface area contributed by atoms with Crippen molar-refractivity contribution in [2.24, 2.45) is 0 Å². The van der Waals surface area contributed by atoms with E-state index in [1.54, 1.807) is 4.90 Å². The lowest BCUT2D eigenvalue weighted by Crippen LogP contribution is -2.28. The van der Waals surface area contributed by atoms with Crippen LogP contribution in [0.1, 0.15) is 23.2 Å². The van der Waals surface area contributed by atoms with Gasteiger partial charge in [-0.25, -0.2) is 9.78 Å². The van der Waals surface area contributed by atoms with Crippen LogP contribution in [0, 0.1) is 0 Å². The Morgan fingerprint density at radius 3 is 2.68 bits per heavy atom. The first-order valence-electron chi connectivity index (χ1n) is 6.07. The van der Waals surface area contributed by atoms with E-state index in [1.165, 1.54) is 12.3 Å². The molecule has 1 aliphatic heterocycles. The van der Waals surface area contributed by atoms with Crippen LogP contribution >= 0.6 is 0 Å². The average molecular weight is 260 g/mol. The highest BCUT2D eigenvalue weighted by molar-refractivity contribution is 5.96. The third kappa shape index (κ3) is 2.03. The molecule has 7 heteroatoms. The maximum Gasteiger partial charge on any atom is 0.327 e. The monoisotopic (exact) mass is 260 g/mol. The number of rotatable bonds is 1. The molecule has 0 aromatic carbocycles. The topological polar surface area (TPSA) is 98.9 Å². The zero-order valence-corrected chi connectivity index (χ0v) is 10.1. The first-order valence-corrected chi connectivity index (χ1v) is 6.07. The molecule has 0 spiro atoms. The molecular weight excluding hydrogens is 248 g/mol. The molecular formula is C12H12N4O3. The Kier molecular flexibility index (Phi) is 2.66. The van der Waals surface area contributed by atoms with E-state index in [2.05, 4.69) is 15.0 Å². The number of aromatic amines is 2. The number of hydrogen-bond acceptors (Lipinski definition) is 4. The predicted octanol–water partition coefficient (Wildman–Crippen LogP) is -0.153. The fraction of sp³-hybridized carbons (Fsp3) is 0.333. The van der Waals surface area contributed by atoms with E-state index < -0.39 is 11.2 Å². The van der Waals surface area contributed by atoms with Gasteiger partial charge in [0.15, 0.2) is 0 Å². The summed E-state index contributed by atoms with van der Waals surface area (Å²) in [4.78, 5) is 45.2.